The molecule has 1 aromatic carbocycles. The van der Waals surface area contributed by atoms with Crippen LogP contribution in [0.5, 0.6) is 11.5 Å². The molecule has 0 aliphatic carbocycles. The van der Waals surface area contributed by atoms with E-state index in [1.165, 1.54) is 45.1 Å². The zero-order chi connectivity index (χ0) is 19.6. The second kappa shape index (κ2) is 7.27. The Balaban J connectivity index is 2.05. The van der Waals surface area contributed by atoms with Crippen LogP contribution in [0.3, 0.4) is 0 Å². The van der Waals surface area contributed by atoms with Crippen molar-refractivity contribution < 1.29 is 17.9 Å². The molecular formula is C16H20N6O4S. The molecule has 0 amide bonds. The molecule has 0 radical (unpaired) electrons. The normalized spacial score (nSPS) is 11.4. The highest BCUT2D eigenvalue weighted by atomic mass is 32.2. The molecule has 0 saturated carbocycles. The number of rotatable bonds is 7. The van der Waals surface area contributed by atoms with E-state index in [0.29, 0.717) is 35.2 Å². The average molecular weight is 392 g/mol. The van der Waals surface area contributed by atoms with Gasteiger partial charge in [-0.05, 0) is 26.0 Å². The number of aryl methyl sites for hydroxylation is 1. The number of nitrogens with zero attached hydrogens (tertiary/aromatic N) is 5. The van der Waals surface area contributed by atoms with Crippen LogP contribution in [0.15, 0.2) is 35.7 Å². The average Bonchev–Trinajstić information content (AvgIpc) is 3.30. The van der Waals surface area contributed by atoms with Gasteiger partial charge in [0.25, 0.3) is 10.0 Å². The molecule has 2 aromatic heterocycles. The van der Waals surface area contributed by atoms with Crippen molar-refractivity contribution in [1.82, 2.24) is 24.5 Å². The van der Waals surface area contributed by atoms with Gasteiger partial charge in [-0.2, -0.15) is 5.10 Å². The smallest absolute Gasteiger partial charge is 0.262 e. The van der Waals surface area contributed by atoms with Gasteiger partial charge in [-0.15, -0.1) is 10.2 Å². The van der Waals surface area contributed by atoms with Crippen molar-refractivity contribution >= 4 is 15.7 Å². The van der Waals surface area contributed by atoms with Crippen molar-refractivity contribution in [2.24, 2.45) is 0 Å². The Morgan fingerprint density at radius 1 is 1.11 bits per heavy atom. The van der Waals surface area contributed by atoms with Gasteiger partial charge in [0.2, 0.25) is 0 Å². The van der Waals surface area contributed by atoms with Crippen LogP contribution in [0, 0.1) is 6.92 Å². The molecule has 3 rings (SSSR count). The van der Waals surface area contributed by atoms with Crippen LogP contribution in [0.1, 0.15) is 12.6 Å². The minimum Gasteiger partial charge on any atom is -0.493 e. The van der Waals surface area contributed by atoms with Crippen LogP contribution in [-0.4, -0.2) is 47.2 Å². The standard InChI is InChI=1S/C16H20N6O4S/c1-5-22-11(2)15(16(19-22)21-9-17-18-10-21)20-27(23,24)12-6-7-13(25-3)14(8-12)26-4/h6-10,20H,5H2,1-4H3. The molecule has 0 aliphatic heterocycles. The topological polar surface area (TPSA) is 113 Å². The van der Waals surface area contributed by atoms with Gasteiger partial charge in [0.05, 0.1) is 24.8 Å². The SMILES string of the molecule is CCn1nc(-n2cnnc2)c(NS(=O)(=O)c2ccc(OC)c(OC)c2)c1C. The van der Waals surface area contributed by atoms with Crippen molar-refractivity contribution in [2.75, 3.05) is 18.9 Å². The maximum Gasteiger partial charge on any atom is 0.262 e. The van der Waals surface area contributed by atoms with E-state index in [0.717, 1.165) is 0 Å². The summed E-state index contributed by atoms with van der Waals surface area (Å²) in [6.07, 6.45) is 2.91. The molecule has 10 nitrogen and oxygen atoms in total. The summed E-state index contributed by atoms with van der Waals surface area (Å²) in [4.78, 5) is 0.0403. The molecule has 27 heavy (non-hydrogen) atoms. The number of benzene rings is 1. The zero-order valence-corrected chi connectivity index (χ0v) is 16.2. The van der Waals surface area contributed by atoms with Crippen LogP contribution in [-0.2, 0) is 16.6 Å². The molecule has 0 saturated heterocycles. The largest absolute Gasteiger partial charge is 0.493 e. The summed E-state index contributed by atoms with van der Waals surface area (Å²) in [5.41, 5.74) is 1.02. The van der Waals surface area contributed by atoms with Gasteiger partial charge in [-0.1, -0.05) is 0 Å². The van der Waals surface area contributed by atoms with Crippen molar-refractivity contribution in [1.29, 1.82) is 0 Å². The third kappa shape index (κ3) is 3.45. The molecule has 1 N–H and O–H groups in total. The molecule has 0 fully saturated rings. The summed E-state index contributed by atoms with van der Waals surface area (Å²) in [6.45, 7) is 4.29. The predicted octanol–water partition coefficient (Wildman–Crippen LogP) is 1.61. The van der Waals surface area contributed by atoms with Gasteiger partial charge in [0.15, 0.2) is 17.3 Å². The molecule has 0 atom stereocenters. The minimum absolute atomic E-state index is 0.0403. The van der Waals surface area contributed by atoms with E-state index in [-0.39, 0.29) is 4.90 Å². The fourth-order valence-electron chi connectivity index (χ4n) is 2.63. The van der Waals surface area contributed by atoms with Crippen LogP contribution >= 0.6 is 0 Å². The van der Waals surface area contributed by atoms with Crippen molar-refractivity contribution in [2.45, 2.75) is 25.3 Å². The first-order chi connectivity index (χ1) is 12.9. The Labute approximate surface area is 156 Å². The molecule has 11 heteroatoms. The molecule has 3 aromatic rings. The summed E-state index contributed by atoms with van der Waals surface area (Å²) in [7, 11) is -0.965. The summed E-state index contributed by atoms with van der Waals surface area (Å²) in [5.74, 6) is 1.15. The Bertz CT molecular complexity index is 1040. The Hall–Kier alpha value is -3.08. The Morgan fingerprint density at radius 3 is 2.37 bits per heavy atom. The van der Waals surface area contributed by atoms with Crippen LogP contribution < -0.4 is 14.2 Å². The highest BCUT2D eigenvalue weighted by Gasteiger charge is 2.23. The lowest BCUT2D eigenvalue weighted by atomic mass is 10.3. The monoisotopic (exact) mass is 392 g/mol. The van der Waals surface area contributed by atoms with Gasteiger partial charge < -0.3 is 9.47 Å². The number of sulfonamides is 1. The maximum absolute atomic E-state index is 13.0. The third-order valence-electron chi connectivity index (χ3n) is 4.05. The Morgan fingerprint density at radius 2 is 1.78 bits per heavy atom. The summed E-state index contributed by atoms with van der Waals surface area (Å²) in [6, 6.07) is 4.39. The van der Waals surface area contributed by atoms with Gasteiger partial charge in [0.1, 0.15) is 18.3 Å². The predicted molar refractivity (Wildman–Crippen MR) is 97.9 cm³/mol. The quantitative estimate of drug-likeness (QED) is 0.650. The summed E-state index contributed by atoms with van der Waals surface area (Å²) in [5, 5.41) is 12.0. The van der Waals surface area contributed by atoms with Gasteiger partial charge in [0, 0.05) is 12.6 Å². The first-order valence-corrected chi connectivity index (χ1v) is 9.56. The van der Waals surface area contributed by atoms with E-state index in [4.69, 9.17) is 9.47 Å². The van der Waals surface area contributed by atoms with E-state index >= 15 is 0 Å². The highest BCUT2D eigenvalue weighted by Crippen LogP contribution is 2.31. The minimum atomic E-state index is -3.89. The second-order valence-corrected chi connectivity index (χ2v) is 7.27. The number of ether oxygens (including phenoxy) is 2. The van der Waals surface area contributed by atoms with Crippen molar-refractivity contribution in [3.63, 3.8) is 0 Å². The lowest BCUT2D eigenvalue weighted by Crippen LogP contribution is -2.15. The second-order valence-electron chi connectivity index (χ2n) is 5.59. The Kier molecular flexibility index (Phi) is 5.04. The van der Waals surface area contributed by atoms with Crippen molar-refractivity contribution in [3.8, 4) is 17.3 Å². The first-order valence-electron chi connectivity index (χ1n) is 8.08. The number of hydrogen-bond acceptors (Lipinski definition) is 7. The van der Waals surface area contributed by atoms with E-state index in [1.807, 2.05) is 6.92 Å². The van der Waals surface area contributed by atoms with E-state index in [1.54, 1.807) is 16.2 Å². The summed E-state index contributed by atoms with van der Waals surface area (Å²) < 4.78 is 42.1. The van der Waals surface area contributed by atoms with E-state index in [2.05, 4.69) is 20.0 Å². The number of anilines is 1. The van der Waals surface area contributed by atoms with Gasteiger partial charge in [-0.3, -0.25) is 14.0 Å². The summed E-state index contributed by atoms with van der Waals surface area (Å²) >= 11 is 0. The molecule has 0 bridgehead atoms. The molecule has 144 valence electrons. The molecule has 2 heterocycles. The van der Waals surface area contributed by atoms with Crippen LogP contribution in [0.2, 0.25) is 0 Å². The molecule has 0 aliphatic rings. The number of methoxy groups -OCH3 is 2. The number of aromatic nitrogens is 5. The third-order valence-corrected chi connectivity index (χ3v) is 5.40. The fourth-order valence-corrected chi connectivity index (χ4v) is 3.76. The van der Waals surface area contributed by atoms with Crippen molar-refractivity contribution in [3.05, 3.63) is 36.5 Å². The van der Waals surface area contributed by atoms with E-state index < -0.39 is 10.0 Å². The van der Waals surface area contributed by atoms with Crippen LogP contribution in [0.25, 0.3) is 5.82 Å². The number of nitrogens with one attached hydrogen (secondary N) is 1. The zero-order valence-electron chi connectivity index (χ0n) is 15.4. The lowest BCUT2D eigenvalue weighted by molar-refractivity contribution is 0.354. The van der Waals surface area contributed by atoms with E-state index in [9.17, 15) is 8.42 Å². The maximum atomic E-state index is 13.0. The fraction of sp³-hybridized carbons (Fsp3) is 0.312. The van der Waals surface area contributed by atoms with Crippen LogP contribution in [0.4, 0.5) is 5.69 Å². The molecule has 0 unspecified atom stereocenters. The van der Waals surface area contributed by atoms with Gasteiger partial charge >= 0.3 is 0 Å². The number of hydrogen-bond donors (Lipinski definition) is 1. The van der Waals surface area contributed by atoms with Gasteiger partial charge in [-0.25, -0.2) is 8.42 Å². The first kappa shape index (κ1) is 18.7. The highest BCUT2D eigenvalue weighted by molar-refractivity contribution is 7.92. The molecule has 0 spiro atoms. The molecular weight excluding hydrogens is 372 g/mol. The lowest BCUT2D eigenvalue weighted by Gasteiger charge is -2.12.